The molecule has 6 atom stereocenters. The van der Waals surface area contributed by atoms with Gasteiger partial charge in [-0.25, -0.2) is 9.59 Å². The second kappa shape index (κ2) is 14.9. The van der Waals surface area contributed by atoms with Gasteiger partial charge in [0.1, 0.15) is 36.8 Å². The molecule has 13 heteroatoms. The molecule has 0 bridgehead atoms. The number of nitrogens with one attached hydrogen (secondary N) is 1. The summed E-state index contributed by atoms with van der Waals surface area (Å²) in [5.74, 6) is -1.20. The lowest BCUT2D eigenvalue weighted by Gasteiger charge is -2.39. The number of rotatable bonds is 11. The maximum absolute atomic E-state index is 13.4. The second-order valence-electron chi connectivity index (χ2n) is 12.6. The molecule has 4 aromatic rings. The highest BCUT2D eigenvalue weighted by Crippen LogP contribution is 2.50. The number of benzene rings is 3. The maximum Gasteiger partial charge on any atom is 0.413 e. The predicted molar refractivity (Wildman–Crippen MR) is 184 cm³/mol. The van der Waals surface area contributed by atoms with Crippen LogP contribution < -0.4 is 5.32 Å². The molecule has 1 saturated carbocycles. The van der Waals surface area contributed by atoms with Crippen molar-refractivity contribution in [1.29, 1.82) is 0 Å². The molecule has 1 aromatic heterocycles. The van der Waals surface area contributed by atoms with E-state index >= 15 is 0 Å². The van der Waals surface area contributed by atoms with Crippen molar-refractivity contribution in [2.75, 3.05) is 11.9 Å². The zero-order chi connectivity index (χ0) is 36.3. The summed E-state index contributed by atoms with van der Waals surface area (Å²) < 4.78 is 22.9. The summed E-state index contributed by atoms with van der Waals surface area (Å²) in [7, 11) is 1.73. The highest BCUT2D eigenvalue weighted by Gasteiger charge is 2.56. The first-order chi connectivity index (χ1) is 24.5. The summed E-state index contributed by atoms with van der Waals surface area (Å²) in [4.78, 5) is 38.5. The topological polar surface area (TPSA) is 179 Å². The molecular formula is C38H39N3O10. The largest absolute Gasteiger partial charge is 0.459 e. The van der Waals surface area contributed by atoms with Gasteiger partial charge in [0.05, 0.1) is 11.6 Å². The Morgan fingerprint density at radius 1 is 0.961 bits per heavy atom. The van der Waals surface area contributed by atoms with E-state index < -0.39 is 60.3 Å². The van der Waals surface area contributed by atoms with Crippen LogP contribution in [0.2, 0.25) is 0 Å². The number of carbonyl (C=O) groups is 3. The van der Waals surface area contributed by atoms with Gasteiger partial charge in [0.15, 0.2) is 6.10 Å². The van der Waals surface area contributed by atoms with Crippen molar-refractivity contribution in [3.05, 3.63) is 109 Å². The summed E-state index contributed by atoms with van der Waals surface area (Å²) in [6.07, 6.45) is -5.85. The fourth-order valence-corrected chi connectivity index (χ4v) is 6.02. The highest BCUT2D eigenvalue weighted by atomic mass is 16.7. The van der Waals surface area contributed by atoms with Gasteiger partial charge in [0, 0.05) is 12.6 Å². The number of ether oxygens (including phenoxy) is 4. The first-order valence-corrected chi connectivity index (χ1v) is 16.5. The Morgan fingerprint density at radius 3 is 2.22 bits per heavy atom. The van der Waals surface area contributed by atoms with Crippen molar-refractivity contribution in [2.45, 2.75) is 62.0 Å². The first-order valence-electron chi connectivity index (χ1n) is 16.5. The molecule has 51 heavy (non-hydrogen) atoms. The molecule has 1 aliphatic heterocycles. The summed E-state index contributed by atoms with van der Waals surface area (Å²) in [6, 6.07) is 24.6. The van der Waals surface area contributed by atoms with Crippen LogP contribution in [0.5, 0.6) is 0 Å². The van der Waals surface area contributed by atoms with Crippen LogP contribution >= 0.6 is 0 Å². The van der Waals surface area contributed by atoms with Crippen LogP contribution in [-0.2, 0) is 41.0 Å². The molecule has 2 heterocycles. The molecular weight excluding hydrogens is 658 g/mol. The van der Waals surface area contributed by atoms with E-state index in [4.69, 9.17) is 18.9 Å². The van der Waals surface area contributed by atoms with Crippen molar-refractivity contribution in [2.24, 2.45) is 7.05 Å². The normalized spacial score (nSPS) is 22.6. The van der Waals surface area contributed by atoms with E-state index in [1.165, 1.54) is 6.08 Å². The van der Waals surface area contributed by atoms with E-state index in [1.807, 2.05) is 78.9 Å². The Balaban J connectivity index is 1.10. The number of amides is 1. The number of aryl methyl sites for hydroxylation is 1. The summed E-state index contributed by atoms with van der Waals surface area (Å²) >= 11 is 0. The van der Waals surface area contributed by atoms with E-state index in [0.717, 1.165) is 22.3 Å². The monoisotopic (exact) mass is 697 g/mol. The molecule has 13 nitrogen and oxygen atoms in total. The van der Waals surface area contributed by atoms with E-state index in [1.54, 1.807) is 24.9 Å². The van der Waals surface area contributed by atoms with Gasteiger partial charge < -0.3 is 34.3 Å². The van der Waals surface area contributed by atoms with Gasteiger partial charge in [-0.05, 0) is 47.6 Å². The first kappa shape index (κ1) is 35.5. The number of nitrogens with zero attached hydrogens (tertiary/aromatic N) is 2. The highest BCUT2D eigenvalue weighted by molar-refractivity contribution is 5.90. The smallest absolute Gasteiger partial charge is 0.413 e. The fourth-order valence-electron chi connectivity index (χ4n) is 6.02. The molecule has 6 rings (SSSR count). The molecule has 3 aromatic carbocycles. The number of hydrogen-bond donors (Lipinski definition) is 4. The predicted octanol–water partition coefficient (Wildman–Crippen LogP) is 4.18. The number of aliphatic hydroxyl groups is 3. The van der Waals surface area contributed by atoms with Crippen molar-refractivity contribution in [1.82, 2.24) is 9.78 Å². The van der Waals surface area contributed by atoms with Gasteiger partial charge in [-0.1, -0.05) is 91.5 Å². The van der Waals surface area contributed by atoms with Gasteiger partial charge in [-0.3, -0.25) is 14.8 Å². The zero-order valence-corrected chi connectivity index (χ0v) is 28.0. The molecule has 2 aliphatic rings. The van der Waals surface area contributed by atoms with Crippen LogP contribution in [0.3, 0.4) is 0 Å². The van der Waals surface area contributed by atoms with Crippen LogP contribution in [0.4, 0.5) is 10.6 Å². The number of hydrogen-bond acceptors (Lipinski definition) is 11. The molecule has 0 radical (unpaired) electrons. The van der Waals surface area contributed by atoms with Crippen LogP contribution in [-0.4, -0.2) is 80.4 Å². The van der Waals surface area contributed by atoms with Crippen LogP contribution in [0.25, 0.3) is 22.3 Å². The molecule has 4 N–H and O–H groups in total. The lowest BCUT2D eigenvalue weighted by Crippen LogP contribution is -2.61. The molecule has 1 amide bonds. The third-order valence-corrected chi connectivity index (χ3v) is 9.19. The Morgan fingerprint density at radius 2 is 1.59 bits per heavy atom. The molecule has 1 saturated heterocycles. The Hall–Kier alpha value is -5.34. The molecule has 0 spiro atoms. The number of carbonyl (C=O) groups excluding carboxylic acids is 3. The minimum atomic E-state index is -1.81. The van der Waals surface area contributed by atoms with Gasteiger partial charge in [-0.2, -0.15) is 5.10 Å². The van der Waals surface area contributed by atoms with E-state index in [0.29, 0.717) is 29.8 Å². The SMILES string of the molecule is C=CCOC(=O)C1OC(OC(=O)C2(c3ccc(-c4ccc(-c5cnn(C)c5NC(=O)O[C@H](C)c5ccccc5)cc4)cc3)CC2)C(O)C(O)C1O. The average molecular weight is 698 g/mol. The summed E-state index contributed by atoms with van der Waals surface area (Å²) in [5.41, 5.74) is 3.93. The number of aromatic nitrogens is 2. The van der Waals surface area contributed by atoms with E-state index in [9.17, 15) is 29.7 Å². The van der Waals surface area contributed by atoms with Gasteiger partial charge >= 0.3 is 18.0 Å². The van der Waals surface area contributed by atoms with E-state index in [2.05, 4.69) is 17.0 Å². The van der Waals surface area contributed by atoms with Gasteiger partial charge in [0.25, 0.3) is 0 Å². The van der Waals surface area contributed by atoms with Crippen LogP contribution in [0, 0.1) is 0 Å². The molecule has 5 unspecified atom stereocenters. The van der Waals surface area contributed by atoms with Crippen molar-refractivity contribution >= 4 is 23.8 Å². The van der Waals surface area contributed by atoms with Crippen molar-refractivity contribution in [3.8, 4) is 22.3 Å². The third kappa shape index (κ3) is 7.42. The number of anilines is 1. The second-order valence-corrected chi connectivity index (χ2v) is 12.6. The van der Waals surface area contributed by atoms with Gasteiger partial charge in [0.2, 0.25) is 6.29 Å². The van der Waals surface area contributed by atoms with Crippen molar-refractivity contribution in [3.63, 3.8) is 0 Å². The van der Waals surface area contributed by atoms with Crippen molar-refractivity contribution < 1.29 is 48.7 Å². The Bertz CT molecular complexity index is 1870. The summed E-state index contributed by atoms with van der Waals surface area (Å²) in [6.45, 7) is 5.09. The minimum absolute atomic E-state index is 0.159. The fraction of sp³-hybridized carbons (Fsp3) is 0.316. The third-order valence-electron chi connectivity index (χ3n) is 9.19. The number of aliphatic hydroxyl groups excluding tert-OH is 3. The molecule has 1 aliphatic carbocycles. The summed E-state index contributed by atoms with van der Waals surface area (Å²) in [5, 5.41) is 38.2. The van der Waals surface area contributed by atoms with Gasteiger partial charge in [-0.15, -0.1) is 0 Å². The van der Waals surface area contributed by atoms with E-state index in [-0.39, 0.29) is 6.61 Å². The standard InChI is InChI=1S/C38H39N3O10/c1-4-20-48-34(45)32-30(43)29(42)31(44)35(50-32)51-36(46)38(18-19-38)27-16-14-25(15-17-27)24-10-12-26(13-11-24)28-21-39-41(3)33(28)40-37(47)49-22(2)23-8-6-5-7-9-23/h4-17,21-22,29-32,35,42-44H,1,18-20H2,2-3H3,(H,40,47)/t22-,29?,30?,31?,32?,35?/m1/s1. The molecule has 2 fully saturated rings. The maximum atomic E-state index is 13.4. The average Bonchev–Trinajstić information content (AvgIpc) is 3.89. The Kier molecular flexibility index (Phi) is 10.3. The number of esters is 2. The lowest BCUT2D eigenvalue weighted by molar-refractivity contribution is -0.288. The minimum Gasteiger partial charge on any atom is -0.459 e. The lowest BCUT2D eigenvalue weighted by atomic mass is 9.93. The Labute approximate surface area is 294 Å². The molecule has 266 valence electrons. The zero-order valence-electron chi connectivity index (χ0n) is 28.0. The van der Waals surface area contributed by atoms with Crippen LogP contribution in [0.15, 0.2) is 97.7 Å². The quantitative estimate of drug-likeness (QED) is 0.100. The van der Waals surface area contributed by atoms with Crippen LogP contribution in [0.1, 0.15) is 37.0 Å².